The largest absolute Gasteiger partial charge is 0.493 e. The van der Waals surface area contributed by atoms with Gasteiger partial charge in [0.25, 0.3) is 5.91 Å². The topological polar surface area (TPSA) is 56.8 Å². The summed E-state index contributed by atoms with van der Waals surface area (Å²) in [4.78, 5) is 12.9. The third kappa shape index (κ3) is 4.90. The molecule has 0 saturated carbocycles. The maximum atomic E-state index is 12.9. The van der Waals surface area contributed by atoms with Crippen LogP contribution in [0, 0.1) is 0 Å². The molecular weight excluding hydrogens is 378 g/mol. The highest BCUT2D eigenvalue weighted by atomic mass is 35.5. The number of fused-ring (bicyclic) bond motifs is 1. The summed E-state index contributed by atoms with van der Waals surface area (Å²) in [5.41, 5.74) is 1.43. The van der Waals surface area contributed by atoms with E-state index in [9.17, 15) is 4.79 Å². The van der Waals surface area contributed by atoms with Crippen molar-refractivity contribution in [2.24, 2.45) is 0 Å². The second-order valence-electron chi connectivity index (χ2n) is 6.64. The summed E-state index contributed by atoms with van der Waals surface area (Å²) < 4.78 is 17.1. The van der Waals surface area contributed by atoms with Gasteiger partial charge in [-0.25, -0.2) is 0 Å². The minimum Gasteiger partial charge on any atom is -0.493 e. The first kappa shape index (κ1) is 20.3. The number of rotatable bonds is 8. The average molecular weight is 404 g/mol. The van der Waals surface area contributed by atoms with Gasteiger partial charge in [-0.2, -0.15) is 0 Å². The molecule has 0 spiro atoms. The molecule has 2 aromatic carbocycles. The van der Waals surface area contributed by atoms with E-state index in [1.54, 1.807) is 24.3 Å². The van der Waals surface area contributed by atoms with E-state index in [4.69, 9.17) is 25.8 Å². The Labute approximate surface area is 170 Å². The Balaban J connectivity index is 1.76. The predicted molar refractivity (Wildman–Crippen MR) is 110 cm³/mol. The third-order valence-corrected chi connectivity index (χ3v) is 4.81. The molecule has 150 valence electrons. The molecule has 6 heteroatoms. The van der Waals surface area contributed by atoms with Crippen molar-refractivity contribution in [1.82, 2.24) is 5.32 Å². The molecule has 1 amide bonds. The van der Waals surface area contributed by atoms with Gasteiger partial charge >= 0.3 is 0 Å². The highest BCUT2D eigenvalue weighted by molar-refractivity contribution is 6.30. The van der Waals surface area contributed by atoms with Crippen LogP contribution in [-0.4, -0.2) is 25.7 Å². The van der Waals surface area contributed by atoms with Gasteiger partial charge in [-0.3, -0.25) is 4.79 Å². The van der Waals surface area contributed by atoms with Gasteiger partial charge in [0, 0.05) is 22.6 Å². The number of hydrogen-bond acceptors (Lipinski definition) is 4. The number of benzene rings is 2. The van der Waals surface area contributed by atoms with Gasteiger partial charge < -0.3 is 19.5 Å². The second kappa shape index (κ2) is 9.69. The molecule has 2 aromatic rings. The summed E-state index contributed by atoms with van der Waals surface area (Å²) >= 11 is 6.12. The van der Waals surface area contributed by atoms with Crippen molar-refractivity contribution in [3.63, 3.8) is 0 Å². The molecule has 3 rings (SSSR count). The molecule has 0 aliphatic carbocycles. The highest BCUT2D eigenvalue weighted by Gasteiger charge is 2.24. The molecule has 1 heterocycles. The van der Waals surface area contributed by atoms with Gasteiger partial charge in [-0.1, -0.05) is 24.9 Å². The molecule has 0 radical (unpaired) electrons. The molecule has 1 N–H and O–H groups in total. The minimum absolute atomic E-state index is 0.147. The number of hydrogen-bond donors (Lipinski definition) is 1. The van der Waals surface area contributed by atoms with E-state index in [0.717, 1.165) is 24.2 Å². The average Bonchev–Trinajstić information content (AvgIpc) is 2.70. The quantitative estimate of drug-likeness (QED) is 0.617. The van der Waals surface area contributed by atoms with Crippen LogP contribution in [0.5, 0.6) is 17.2 Å². The molecular formula is C22H26ClNO4. The van der Waals surface area contributed by atoms with Crippen LogP contribution in [0.3, 0.4) is 0 Å². The van der Waals surface area contributed by atoms with E-state index in [-0.39, 0.29) is 11.9 Å². The number of halogens is 1. The van der Waals surface area contributed by atoms with Crippen LogP contribution >= 0.6 is 11.6 Å². The fourth-order valence-corrected chi connectivity index (χ4v) is 3.30. The van der Waals surface area contributed by atoms with Gasteiger partial charge in [0.2, 0.25) is 0 Å². The maximum Gasteiger partial charge on any atom is 0.251 e. The van der Waals surface area contributed by atoms with E-state index >= 15 is 0 Å². The Bertz CT molecular complexity index is 824. The van der Waals surface area contributed by atoms with E-state index in [1.165, 1.54) is 0 Å². The first-order chi connectivity index (χ1) is 13.6. The number of unbranched alkanes of at least 4 members (excludes halogenated alkanes) is 1. The zero-order valence-corrected chi connectivity index (χ0v) is 17.1. The van der Waals surface area contributed by atoms with E-state index < -0.39 is 0 Å². The summed E-state index contributed by atoms with van der Waals surface area (Å²) in [6, 6.07) is 10.6. The van der Waals surface area contributed by atoms with Crippen LogP contribution in [0.4, 0.5) is 0 Å². The Hall–Kier alpha value is -2.40. The second-order valence-corrected chi connectivity index (χ2v) is 7.08. The van der Waals surface area contributed by atoms with Crippen molar-refractivity contribution in [3.8, 4) is 17.2 Å². The summed E-state index contributed by atoms with van der Waals surface area (Å²) in [5, 5.41) is 3.71. The lowest BCUT2D eigenvalue weighted by molar-refractivity contribution is 0.0924. The van der Waals surface area contributed by atoms with E-state index in [1.807, 2.05) is 19.1 Å². The fraction of sp³-hybridized carbons (Fsp3) is 0.409. The molecule has 1 aliphatic heterocycles. The fourth-order valence-electron chi connectivity index (χ4n) is 3.12. The lowest BCUT2D eigenvalue weighted by Crippen LogP contribution is -2.32. The van der Waals surface area contributed by atoms with Crippen LogP contribution in [0.2, 0.25) is 5.02 Å². The molecule has 28 heavy (non-hydrogen) atoms. The smallest absolute Gasteiger partial charge is 0.251 e. The number of carbonyl (C=O) groups is 1. The maximum absolute atomic E-state index is 12.9. The van der Waals surface area contributed by atoms with Gasteiger partial charge in [0.15, 0.2) is 11.5 Å². The minimum atomic E-state index is -0.168. The van der Waals surface area contributed by atoms with Gasteiger partial charge in [-0.15, -0.1) is 0 Å². The lowest BCUT2D eigenvalue weighted by atomic mass is 10.00. The number of ether oxygens (including phenoxy) is 3. The molecule has 0 saturated heterocycles. The molecule has 0 bridgehead atoms. The van der Waals surface area contributed by atoms with Crippen LogP contribution < -0.4 is 19.5 Å². The predicted octanol–water partition coefficient (Wildman–Crippen LogP) is 5.17. The Morgan fingerprint density at radius 2 is 2.04 bits per heavy atom. The number of nitrogens with one attached hydrogen (secondary N) is 1. The third-order valence-electron chi connectivity index (χ3n) is 4.58. The van der Waals surface area contributed by atoms with Gasteiger partial charge in [0.1, 0.15) is 5.75 Å². The van der Waals surface area contributed by atoms with Crippen molar-refractivity contribution in [3.05, 3.63) is 52.5 Å². The Kier molecular flexibility index (Phi) is 7.04. The number of carbonyl (C=O) groups excluding carboxylic acids is 1. The zero-order chi connectivity index (χ0) is 19.9. The van der Waals surface area contributed by atoms with E-state index in [2.05, 4.69) is 12.2 Å². The van der Waals surface area contributed by atoms with Crippen molar-refractivity contribution in [2.75, 3.05) is 19.8 Å². The monoisotopic (exact) mass is 403 g/mol. The SMILES string of the molecule is CCCCOc1ccc(C(=O)NC2CCOc3ccc(Cl)cc32)cc1OCC. The Morgan fingerprint density at radius 1 is 1.18 bits per heavy atom. The number of amides is 1. The van der Waals surface area contributed by atoms with Crippen molar-refractivity contribution in [1.29, 1.82) is 0 Å². The highest BCUT2D eigenvalue weighted by Crippen LogP contribution is 2.34. The molecule has 1 unspecified atom stereocenters. The zero-order valence-electron chi connectivity index (χ0n) is 16.3. The molecule has 1 aliphatic rings. The first-order valence-electron chi connectivity index (χ1n) is 9.75. The standard InChI is InChI=1S/C22H26ClNO4/c1-3-5-11-27-20-8-6-15(13-21(20)26-4-2)22(25)24-18-10-12-28-19-9-7-16(23)14-17(18)19/h6-9,13-14,18H,3-5,10-12H2,1-2H3,(H,24,25). The molecule has 0 fully saturated rings. The summed E-state index contributed by atoms with van der Waals surface area (Å²) in [7, 11) is 0. The van der Waals surface area contributed by atoms with Crippen LogP contribution in [0.15, 0.2) is 36.4 Å². The van der Waals surface area contributed by atoms with Crippen LogP contribution in [0.25, 0.3) is 0 Å². The van der Waals surface area contributed by atoms with Crippen molar-refractivity contribution >= 4 is 17.5 Å². The molecule has 1 atom stereocenters. The van der Waals surface area contributed by atoms with Crippen LogP contribution in [0.1, 0.15) is 55.1 Å². The normalized spacial score (nSPS) is 15.3. The van der Waals surface area contributed by atoms with Gasteiger partial charge in [0.05, 0.1) is 25.9 Å². The summed E-state index contributed by atoms with van der Waals surface area (Å²) in [5.74, 6) is 1.84. The molecule has 5 nitrogen and oxygen atoms in total. The summed E-state index contributed by atoms with van der Waals surface area (Å²) in [6.45, 7) is 5.70. The lowest BCUT2D eigenvalue weighted by Gasteiger charge is -2.27. The van der Waals surface area contributed by atoms with Crippen molar-refractivity contribution < 1.29 is 19.0 Å². The van der Waals surface area contributed by atoms with Crippen LogP contribution in [-0.2, 0) is 0 Å². The first-order valence-corrected chi connectivity index (χ1v) is 10.1. The summed E-state index contributed by atoms with van der Waals surface area (Å²) in [6.07, 6.45) is 2.72. The molecule has 0 aromatic heterocycles. The van der Waals surface area contributed by atoms with Gasteiger partial charge in [-0.05, 0) is 49.7 Å². The Morgan fingerprint density at radius 3 is 2.82 bits per heavy atom. The van der Waals surface area contributed by atoms with Crippen molar-refractivity contribution in [2.45, 2.75) is 39.2 Å². The van der Waals surface area contributed by atoms with E-state index in [0.29, 0.717) is 48.3 Å².